The van der Waals surface area contributed by atoms with Crippen LogP contribution in [0.3, 0.4) is 0 Å². The first-order valence-corrected chi connectivity index (χ1v) is 5.79. The molecule has 2 heterocycles. The summed E-state index contributed by atoms with van der Waals surface area (Å²) in [6.45, 7) is 1.82. The molecule has 6 heteroatoms. The quantitative estimate of drug-likeness (QED) is 0.488. The molecular weight excluding hydrogens is 226 g/mol. The first-order valence-electron chi connectivity index (χ1n) is 5.42. The number of fused-ring (bicyclic) bond motifs is 1. The van der Waals surface area contributed by atoms with Crippen LogP contribution in [0.1, 0.15) is 6.42 Å². The number of halogens is 1. The highest BCUT2D eigenvalue weighted by atomic mass is 35.5. The van der Waals surface area contributed by atoms with Crippen LogP contribution < -0.4 is 22.1 Å². The van der Waals surface area contributed by atoms with Gasteiger partial charge in [-0.3, -0.25) is 0 Å². The zero-order chi connectivity index (χ0) is 11.7. The summed E-state index contributed by atoms with van der Waals surface area (Å²) in [6, 6.07) is 0.963. The fourth-order valence-electron chi connectivity index (χ4n) is 2.38. The molecule has 0 aromatic carbocycles. The van der Waals surface area contributed by atoms with Crippen LogP contribution in [0.25, 0.3) is 0 Å². The van der Waals surface area contributed by atoms with Gasteiger partial charge in [-0.05, 0) is 19.5 Å². The number of nitrogens with two attached hydrogens (primary N) is 2. The Morgan fingerprint density at radius 2 is 2.44 bits per heavy atom. The average molecular weight is 244 g/mol. The molecule has 2 atom stereocenters. The standard InChI is InChI=1S/C10H18ClN5/c1-14-6-2-7-4-15-10(13)8(3-9(11)12)16(7)5-6/h3,6-7,14-15H,2,4-5,12-13H2,1H3/b9-3-. The monoisotopic (exact) mass is 243 g/mol. The van der Waals surface area contributed by atoms with Gasteiger partial charge < -0.3 is 27.0 Å². The van der Waals surface area contributed by atoms with E-state index in [1.54, 1.807) is 6.08 Å². The smallest absolute Gasteiger partial charge is 0.120 e. The van der Waals surface area contributed by atoms with E-state index in [4.69, 9.17) is 23.1 Å². The molecule has 0 amide bonds. The zero-order valence-corrected chi connectivity index (χ0v) is 10.1. The van der Waals surface area contributed by atoms with E-state index in [1.807, 2.05) is 7.05 Å². The van der Waals surface area contributed by atoms with Crippen molar-refractivity contribution < 1.29 is 0 Å². The Kier molecular flexibility index (Phi) is 3.16. The number of rotatable bonds is 2. The zero-order valence-electron chi connectivity index (χ0n) is 9.33. The van der Waals surface area contributed by atoms with E-state index in [1.165, 1.54) is 0 Å². The summed E-state index contributed by atoms with van der Waals surface area (Å²) in [6.07, 6.45) is 2.82. The molecule has 1 fully saturated rings. The van der Waals surface area contributed by atoms with Gasteiger partial charge in [-0.25, -0.2) is 0 Å². The second-order valence-electron chi connectivity index (χ2n) is 4.24. The van der Waals surface area contributed by atoms with Crippen molar-refractivity contribution in [2.45, 2.75) is 18.5 Å². The van der Waals surface area contributed by atoms with Gasteiger partial charge in [0.1, 0.15) is 11.0 Å². The Morgan fingerprint density at radius 1 is 1.69 bits per heavy atom. The van der Waals surface area contributed by atoms with E-state index in [9.17, 15) is 0 Å². The maximum Gasteiger partial charge on any atom is 0.120 e. The number of likely N-dealkylation sites (N-methyl/N-ethyl adjacent to an activating group) is 1. The summed E-state index contributed by atoms with van der Waals surface area (Å²) >= 11 is 5.72. The molecular formula is C10H18ClN5. The lowest BCUT2D eigenvalue weighted by Gasteiger charge is -2.34. The van der Waals surface area contributed by atoms with Gasteiger partial charge in [0.25, 0.3) is 0 Å². The first-order chi connectivity index (χ1) is 7.61. The van der Waals surface area contributed by atoms with Crippen molar-refractivity contribution in [2.24, 2.45) is 11.5 Å². The van der Waals surface area contributed by atoms with Gasteiger partial charge >= 0.3 is 0 Å². The molecule has 0 saturated carbocycles. The molecule has 2 aliphatic rings. The minimum Gasteiger partial charge on any atom is -0.389 e. The van der Waals surface area contributed by atoms with Crippen LogP contribution in [0.15, 0.2) is 22.8 Å². The highest BCUT2D eigenvalue weighted by molar-refractivity contribution is 6.29. The van der Waals surface area contributed by atoms with Crippen molar-refractivity contribution in [3.05, 3.63) is 22.8 Å². The number of hydrogen-bond donors (Lipinski definition) is 4. The van der Waals surface area contributed by atoms with Gasteiger partial charge in [0.05, 0.1) is 5.70 Å². The summed E-state index contributed by atoms with van der Waals surface area (Å²) in [4.78, 5) is 2.27. The SMILES string of the molecule is CNC1CC2CNC(N)=C(/C=C(\N)Cl)N2C1. The van der Waals surface area contributed by atoms with Crippen LogP contribution in [0.2, 0.25) is 0 Å². The molecule has 6 N–H and O–H groups in total. The van der Waals surface area contributed by atoms with Gasteiger partial charge in [-0.2, -0.15) is 0 Å². The maximum absolute atomic E-state index is 5.92. The Hall–Kier alpha value is -1.07. The van der Waals surface area contributed by atoms with Gasteiger partial charge in [-0.1, -0.05) is 11.6 Å². The van der Waals surface area contributed by atoms with Crippen molar-refractivity contribution in [1.82, 2.24) is 15.5 Å². The lowest BCUT2D eigenvalue weighted by Crippen LogP contribution is -2.45. The minimum atomic E-state index is 0.258. The largest absolute Gasteiger partial charge is 0.389 e. The van der Waals surface area contributed by atoms with E-state index in [-0.39, 0.29) is 5.16 Å². The number of allylic oxidation sites excluding steroid dienone is 1. The lowest BCUT2D eigenvalue weighted by molar-refractivity contribution is 0.294. The molecule has 5 nitrogen and oxygen atoms in total. The second-order valence-corrected chi connectivity index (χ2v) is 4.67. The van der Waals surface area contributed by atoms with Crippen molar-refractivity contribution >= 4 is 11.6 Å². The maximum atomic E-state index is 5.92. The lowest BCUT2D eigenvalue weighted by atomic mass is 10.1. The van der Waals surface area contributed by atoms with Crippen molar-refractivity contribution in [2.75, 3.05) is 20.1 Å². The molecule has 0 radical (unpaired) electrons. The molecule has 0 aliphatic carbocycles. The normalized spacial score (nSPS) is 30.4. The van der Waals surface area contributed by atoms with E-state index in [0.717, 1.165) is 25.2 Å². The molecule has 90 valence electrons. The third-order valence-corrected chi connectivity index (χ3v) is 3.32. The van der Waals surface area contributed by atoms with E-state index >= 15 is 0 Å². The van der Waals surface area contributed by atoms with Crippen LogP contribution in [-0.2, 0) is 0 Å². The molecule has 2 rings (SSSR count). The second kappa shape index (κ2) is 4.43. The van der Waals surface area contributed by atoms with E-state index < -0.39 is 0 Å². The summed E-state index contributed by atoms with van der Waals surface area (Å²) in [5, 5.41) is 6.73. The molecule has 0 bridgehead atoms. The third kappa shape index (κ3) is 2.05. The summed E-state index contributed by atoms with van der Waals surface area (Å²) in [5.74, 6) is 0.650. The number of nitrogens with one attached hydrogen (secondary N) is 2. The van der Waals surface area contributed by atoms with Gasteiger partial charge in [0, 0.05) is 25.2 Å². The third-order valence-electron chi connectivity index (χ3n) is 3.21. The predicted octanol–water partition coefficient (Wildman–Crippen LogP) is -0.581. The fraction of sp³-hybridized carbons (Fsp3) is 0.600. The molecule has 2 unspecified atom stereocenters. The van der Waals surface area contributed by atoms with Crippen molar-refractivity contribution in [3.63, 3.8) is 0 Å². The first kappa shape index (κ1) is 11.4. The van der Waals surface area contributed by atoms with Gasteiger partial charge in [-0.15, -0.1) is 0 Å². The van der Waals surface area contributed by atoms with Gasteiger partial charge in [0.2, 0.25) is 0 Å². The molecule has 1 saturated heterocycles. The van der Waals surface area contributed by atoms with Crippen LogP contribution >= 0.6 is 11.6 Å². The fourth-order valence-corrected chi connectivity index (χ4v) is 2.48. The Bertz CT molecular complexity index is 334. The topological polar surface area (TPSA) is 79.3 Å². The van der Waals surface area contributed by atoms with Crippen LogP contribution in [0, 0.1) is 0 Å². The van der Waals surface area contributed by atoms with E-state index in [2.05, 4.69) is 15.5 Å². The molecule has 16 heavy (non-hydrogen) atoms. The van der Waals surface area contributed by atoms with Crippen LogP contribution in [0.4, 0.5) is 0 Å². The number of hydrogen-bond acceptors (Lipinski definition) is 5. The van der Waals surface area contributed by atoms with Crippen molar-refractivity contribution in [1.29, 1.82) is 0 Å². The summed E-state index contributed by atoms with van der Waals surface area (Å²) < 4.78 is 0. The van der Waals surface area contributed by atoms with E-state index in [0.29, 0.717) is 17.9 Å². The van der Waals surface area contributed by atoms with Crippen LogP contribution in [0.5, 0.6) is 0 Å². The Morgan fingerprint density at radius 3 is 3.06 bits per heavy atom. The van der Waals surface area contributed by atoms with Crippen molar-refractivity contribution in [3.8, 4) is 0 Å². The minimum absolute atomic E-state index is 0.258. The number of nitrogens with zero attached hydrogens (tertiary/aromatic N) is 1. The average Bonchev–Trinajstić information content (AvgIpc) is 2.65. The molecule has 0 aromatic rings. The molecule has 0 spiro atoms. The van der Waals surface area contributed by atoms with Gasteiger partial charge in [0.15, 0.2) is 0 Å². The predicted molar refractivity (Wildman–Crippen MR) is 65.3 cm³/mol. The highest BCUT2D eigenvalue weighted by Gasteiger charge is 2.35. The molecule has 2 aliphatic heterocycles. The van der Waals surface area contributed by atoms with Crippen LogP contribution in [-0.4, -0.2) is 37.1 Å². The summed E-state index contributed by atoms with van der Waals surface area (Å²) in [7, 11) is 1.98. The summed E-state index contributed by atoms with van der Waals surface area (Å²) in [5.41, 5.74) is 12.3. The highest BCUT2D eigenvalue weighted by Crippen LogP contribution is 2.27. The molecule has 0 aromatic heterocycles. The Labute approximate surface area is 100 Å². The Balaban J connectivity index is 2.23.